The minimum absolute atomic E-state index is 0.0503. The van der Waals surface area contributed by atoms with Crippen molar-refractivity contribution in [3.05, 3.63) is 23.8 Å². The number of hydrogen-bond acceptors (Lipinski definition) is 4. The fraction of sp³-hybridized carbons (Fsp3) is 0.529. The van der Waals surface area contributed by atoms with Gasteiger partial charge in [-0.15, -0.1) is 0 Å². The maximum absolute atomic E-state index is 12.5. The number of amides is 2. The third-order valence-corrected chi connectivity index (χ3v) is 4.41. The molecule has 1 aliphatic carbocycles. The normalized spacial score (nSPS) is 20.2. The third-order valence-electron chi connectivity index (χ3n) is 4.41. The van der Waals surface area contributed by atoms with Gasteiger partial charge in [0.15, 0.2) is 0 Å². The number of anilines is 1. The molecule has 0 radical (unpaired) electrons. The molecule has 2 amide bonds. The lowest BCUT2D eigenvalue weighted by Gasteiger charge is -2.19. The number of nitrogens with two attached hydrogens (primary N) is 1. The minimum Gasteiger partial charge on any atom is -0.495 e. The number of nitrogens with zero attached hydrogens (tertiary/aromatic N) is 1. The molecule has 0 aliphatic heterocycles. The Labute approximate surface area is 137 Å². The molecule has 1 aliphatic rings. The van der Waals surface area contributed by atoms with Crippen LogP contribution in [-0.2, 0) is 4.79 Å². The first-order valence-corrected chi connectivity index (χ1v) is 7.88. The smallest absolute Gasteiger partial charge is 0.253 e. The van der Waals surface area contributed by atoms with E-state index in [1.807, 2.05) is 0 Å². The number of benzene rings is 1. The molecular weight excluding hydrogens is 294 g/mol. The number of carbonyl (C=O) groups excluding carboxylic acids is 2. The highest BCUT2D eigenvalue weighted by molar-refractivity contribution is 5.98. The van der Waals surface area contributed by atoms with Crippen molar-refractivity contribution in [2.45, 2.75) is 19.3 Å². The van der Waals surface area contributed by atoms with Gasteiger partial charge in [0.2, 0.25) is 5.91 Å². The highest BCUT2D eigenvalue weighted by Gasteiger charge is 2.32. The third kappa shape index (κ3) is 3.82. The number of nitrogens with one attached hydrogen (secondary N) is 1. The molecule has 6 nitrogen and oxygen atoms in total. The fourth-order valence-electron chi connectivity index (χ4n) is 3.09. The van der Waals surface area contributed by atoms with Crippen LogP contribution in [0.3, 0.4) is 0 Å². The summed E-state index contributed by atoms with van der Waals surface area (Å²) in [4.78, 5) is 26.1. The van der Waals surface area contributed by atoms with Gasteiger partial charge in [0.1, 0.15) is 5.75 Å². The van der Waals surface area contributed by atoms with Crippen molar-refractivity contribution in [1.29, 1.82) is 0 Å². The molecule has 1 fully saturated rings. The zero-order valence-electron chi connectivity index (χ0n) is 14.0. The molecule has 0 spiro atoms. The number of hydrogen-bond donors (Lipinski definition) is 2. The lowest BCUT2D eigenvalue weighted by Crippen LogP contribution is -2.30. The Hall–Kier alpha value is -2.08. The van der Waals surface area contributed by atoms with Gasteiger partial charge in [-0.3, -0.25) is 9.59 Å². The predicted octanol–water partition coefficient (Wildman–Crippen LogP) is 1.71. The van der Waals surface area contributed by atoms with E-state index in [2.05, 4.69) is 5.32 Å². The zero-order chi connectivity index (χ0) is 17.0. The SMILES string of the molecule is COc1ccc(C(=O)N(C)C)cc1NC(=O)[C@@H]1CCC[C@@H]1CN. The molecule has 6 heteroatoms. The Morgan fingerprint density at radius 1 is 1.35 bits per heavy atom. The van der Waals surface area contributed by atoms with Crippen molar-refractivity contribution in [1.82, 2.24) is 4.90 Å². The Morgan fingerprint density at radius 3 is 2.70 bits per heavy atom. The average molecular weight is 319 g/mol. The van der Waals surface area contributed by atoms with Crippen molar-refractivity contribution in [3.63, 3.8) is 0 Å². The molecule has 1 aromatic rings. The van der Waals surface area contributed by atoms with Crippen LogP contribution in [-0.4, -0.2) is 44.5 Å². The van der Waals surface area contributed by atoms with Gasteiger partial charge in [0.25, 0.3) is 5.91 Å². The molecule has 2 rings (SSSR count). The first-order valence-electron chi connectivity index (χ1n) is 7.88. The Bertz CT molecular complexity index is 586. The lowest BCUT2D eigenvalue weighted by molar-refractivity contribution is -0.120. The summed E-state index contributed by atoms with van der Waals surface area (Å²) in [5.74, 6) is 0.524. The van der Waals surface area contributed by atoms with Crippen molar-refractivity contribution < 1.29 is 14.3 Å². The second kappa shape index (κ2) is 7.46. The summed E-state index contributed by atoms with van der Waals surface area (Å²) in [6.45, 7) is 0.522. The molecule has 1 saturated carbocycles. The van der Waals surface area contributed by atoms with E-state index in [1.165, 1.54) is 12.0 Å². The summed E-state index contributed by atoms with van der Waals surface area (Å²) in [5, 5.41) is 2.91. The van der Waals surface area contributed by atoms with Crippen LogP contribution >= 0.6 is 0 Å². The van der Waals surface area contributed by atoms with Crippen LogP contribution in [0.15, 0.2) is 18.2 Å². The van der Waals surface area contributed by atoms with E-state index in [0.717, 1.165) is 19.3 Å². The van der Waals surface area contributed by atoms with Gasteiger partial charge in [0, 0.05) is 25.6 Å². The summed E-state index contributed by atoms with van der Waals surface area (Å²) in [6, 6.07) is 5.04. The molecular formula is C17H25N3O3. The summed E-state index contributed by atoms with van der Waals surface area (Å²) in [7, 11) is 4.92. The Morgan fingerprint density at radius 2 is 2.09 bits per heavy atom. The minimum atomic E-state index is -0.121. The highest BCUT2D eigenvalue weighted by Crippen LogP contribution is 2.33. The molecule has 0 saturated heterocycles. The number of carbonyl (C=O) groups is 2. The van der Waals surface area contributed by atoms with Gasteiger partial charge in [-0.1, -0.05) is 6.42 Å². The summed E-state index contributed by atoms with van der Waals surface area (Å²) in [5.41, 5.74) is 6.78. The number of ether oxygens (including phenoxy) is 1. The summed E-state index contributed by atoms with van der Waals surface area (Å²) < 4.78 is 5.29. The largest absolute Gasteiger partial charge is 0.495 e. The molecule has 0 heterocycles. The van der Waals surface area contributed by atoms with Crippen LogP contribution in [0.4, 0.5) is 5.69 Å². The molecule has 3 N–H and O–H groups in total. The van der Waals surface area contributed by atoms with E-state index in [1.54, 1.807) is 32.3 Å². The second-order valence-electron chi connectivity index (χ2n) is 6.14. The monoisotopic (exact) mass is 319 g/mol. The molecule has 0 bridgehead atoms. The second-order valence-corrected chi connectivity index (χ2v) is 6.14. The van der Waals surface area contributed by atoms with Gasteiger partial charge >= 0.3 is 0 Å². The van der Waals surface area contributed by atoms with Crippen molar-refractivity contribution in [3.8, 4) is 5.75 Å². The topological polar surface area (TPSA) is 84.7 Å². The Kier molecular flexibility index (Phi) is 5.60. The molecule has 1 aromatic carbocycles. The number of rotatable bonds is 5. The quantitative estimate of drug-likeness (QED) is 0.865. The summed E-state index contributed by atoms with van der Waals surface area (Å²) in [6.07, 6.45) is 2.87. The molecule has 2 atom stereocenters. The zero-order valence-corrected chi connectivity index (χ0v) is 14.0. The first kappa shape index (κ1) is 17.3. The molecule has 0 aromatic heterocycles. The highest BCUT2D eigenvalue weighted by atomic mass is 16.5. The van der Waals surface area contributed by atoms with Crippen LogP contribution in [0.2, 0.25) is 0 Å². The van der Waals surface area contributed by atoms with Crippen molar-refractivity contribution >= 4 is 17.5 Å². The van der Waals surface area contributed by atoms with E-state index in [0.29, 0.717) is 23.5 Å². The van der Waals surface area contributed by atoms with Crippen LogP contribution in [0.25, 0.3) is 0 Å². The predicted molar refractivity (Wildman–Crippen MR) is 89.5 cm³/mol. The first-order chi connectivity index (χ1) is 11.0. The number of methoxy groups -OCH3 is 1. The average Bonchev–Trinajstić information content (AvgIpc) is 3.02. The Balaban J connectivity index is 2.22. The van der Waals surface area contributed by atoms with Crippen molar-refractivity contribution in [2.24, 2.45) is 17.6 Å². The van der Waals surface area contributed by atoms with E-state index >= 15 is 0 Å². The van der Waals surface area contributed by atoms with Crippen LogP contribution in [0, 0.1) is 11.8 Å². The van der Waals surface area contributed by atoms with Crippen LogP contribution in [0.5, 0.6) is 5.75 Å². The lowest BCUT2D eigenvalue weighted by atomic mass is 9.95. The molecule has 0 unspecified atom stereocenters. The van der Waals surface area contributed by atoms with E-state index < -0.39 is 0 Å². The van der Waals surface area contributed by atoms with Gasteiger partial charge in [-0.05, 0) is 43.5 Å². The maximum atomic E-state index is 12.5. The van der Waals surface area contributed by atoms with Crippen LogP contribution in [0.1, 0.15) is 29.6 Å². The fourth-order valence-corrected chi connectivity index (χ4v) is 3.09. The summed E-state index contributed by atoms with van der Waals surface area (Å²) >= 11 is 0. The molecule has 126 valence electrons. The van der Waals surface area contributed by atoms with Crippen LogP contribution < -0.4 is 15.8 Å². The van der Waals surface area contributed by atoms with Gasteiger partial charge in [-0.2, -0.15) is 0 Å². The molecule has 23 heavy (non-hydrogen) atoms. The van der Waals surface area contributed by atoms with Crippen molar-refractivity contribution in [2.75, 3.05) is 33.1 Å². The van der Waals surface area contributed by atoms with E-state index in [9.17, 15) is 9.59 Å². The van der Waals surface area contributed by atoms with E-state index in [4.69, 9.17) is 10.5 Å². The van der Waals surface area contributed by atoms with Gasteiger partial charge < -0.3 is 20.7 Å². The van der Waals surface area contributed by atoms with Gasteiger partial charge in [-0.25, -0.2) is 0 Å². The maximum Gasteiger partial charge on any atom is 0.253 e. The van der Waals surface area contributed by atoms with Gasteiger partial charge in [0.05, 0.1) is 12.8 Å². The standard InChI is InChI=1S/C17H25N3O3/c1-20(2)17(22)11-7-8-15(23-3)14(9-11)19-16(21)13-6-4-5-12(13)10-18/h7-9,12-13H,4-6,10,18H2,1-3H3,(H,19,21)/t12-,13-/m1/s1. The van der Waals surface area contributed by atoms with E-state index in [-0.39, 0.29) is 23.7 Å².